The molecular weight excluding hydrogens is 242 g/mol. The number of amides is 1. The number of allylic oxidation sites excluding steroid dienone is 2. The molecule has 4 heteroatoms. The molecule has 0 heterocycles. The summed E-state index contributed by atoms with van der Waals surface area (Å²) in [5.74, 6) is -0.331. The van der Waals surface area contributed by atoms with Gasteiger partial charge in [-0.1, -0.05) is 12.2 Å². The summed E-state index contributed by atoms with van der Waals surface area (Å²) < 4.78 is 0. The fourth-order valence-electron chi connectivity index (χ4n) is 4.17. The largest absolute Gasteiger partial charge is 0.481 e. The molecule has 0 aromatic rings. The van der Waals surface area contributed by atoms with Crippen LogP contribution in [0.3, 0.4) is 0 Å². The third-order valence-electron chi connectivity index (χ3n) is 5.15. The second kappa shape index (κ2) is 4.99. The fourth-order valence-corrected chi connectivity index (χ4v) is 4.17. The summed E-state index contributed by atoms with van der Waals surface area (Å²) in [5.41, 5.74) is 0. The minimum Gasteiger partial charge on any atom is -0.481 e. The van der Waals surface area contributed by atoms with Gasteiger partial charge in [0, 0.05) is 12.0 Å². The maximum atomic E-state index is 12.3. The van der Waals surface area contributed by atoms with Gasteiger partial charge in [0.25, 0.3) is 0 Å². The highest BCUT2D eigenvalue weighted by Gasteiger charge is 2.51. The van der Waals surface area contributed by atoms with Crippen LogP contribution in [0.5, 0.6) is 0 Å². The molecule has 3 aliphatic rings. The number of rotatable bonds is 3. The van der Waals surface area contributed by atoms with Crippen molar-refractivity contribution in [3.05, 3.63) is 12.2 Å². The Bertz CT molecular complexity index is 418. The molecule has 0 aromatic heterocycles. The average Bonchev–Trinajstić information content (AvgIpc) is 3.00. The number of fused-ring (bicyclic) bond motifs is 2. The van der Waals surface area contributed by atoms with E-state index in [1.165, 1.54) is 0 Å². The Morgan fingerprint density at radius 2 is 1.89 bits per heavy atom. The average molecular weight is 263 g/mol. The van der Waals surface area contributed by atoms with Crippen LogP contribution in [0, 0.1) is 23.7 Å². The van der Waals surface area contributed by atoms with Crippen LogP contribution in [0.2, 0.25) is 0 Å². The van der Waals surface area contributed by atoms with Gasteiger partial charge in [0.1, 0.15) is 0 Å². The van der Waals surface area contributed by atoms with Crippen LogP contribution in [0.1, 0.15) is 38.5 Å². The third-order valence-corrected chi connectivity index (χ3v) is 5.15. The smallest absolute Gasteiger partial charge is 0.308 e. The topological polar surface area (TPSA) is 66.4 Å². The summed E-state index contributed by atoms with van der Waals surface area (Å²) >= 11 is 0. The lowest BCUT2D eigenvalue weighted by Gasteiger charge is -2.30. The van der Waals surface area contributed by atoms with Gasteiger partial charge in [-0.2, -0.15) is 0 Å². The highest BCUT2D eigenvalue weighted by Crippen LogP contribution is 2.48. The van der Waals surface area contributed by atoms with Gasteiger partial charge in [-0.25, -0.2) is 0 Å². The second-order valence-corrected chi connectivity index (χ2v) is 6.21. The molecule has 4 nitrogen and oxygen atoms in total. The lowest BCUT2D eigenvalue weighted by Crippen LogP contribution is -2.48. The van der Waals surface area contributed by atoms with Gasteiger partial charge in [-0.3, -0.25) is 9.59 Å². The molecule has 2 fully saturated rings. The van der Waals surface area contributed by atoms with E-state index in [4.69, 9.17) is 0 Å². The Balaban J connectivity index is 1.66. The van der Waals surface area contributed by atoms with E-state index in [0.717, 1.165) is 38.5 Å². The van der Waals surface area contributed by atoms with Crippen molar-refractivity contribution in [2.24, 2.45) is 23.7 Å². The van der Waals surface area contributed by atoms with Gasteiger partial charge < -0.3 is 10.4 Å². The second-order valence-electron chi connectivity index (χ2n) is 6.21. The summed E-state index contributed by atoms with van der Waals surface area (Å²) in [6, 6.07) is -0.130. The molecular formula is C15H21NO3. The molecule has 2 N–H and O–H groups in total. The maximum Gasteiger partial charge on any atom is 0.308 e. The summed E-state index contributed by atoms with van der Waals surface area (Å²) in [6.45, 7) is 0. The van der Waals surface area contributed by atoms with Crippen LogP contribution in [0.4, 0.5) is 0 Å². The number of carboxylic acids is 1. The number of carboxylic acid groups (broad SMARTS) is 1. The first-order valence-corrected chi connectivity index (χ1v) is 7.35. The van der Waals surface area contributed by atoms with Gasteiger partial charge in [-0.05, 0) is 50.4 Å². The molecule has 0 aromatic carbocycles. The number of hydrogen-bond acceptors (Lipinski definition) is 2. The van der Waals surface area contributed by atoms with Crippen molar-refractivity contribution in [2.45, 2.75) is 44.6 Å². The summed E-state index contributed by atoms with van der Waals surface area (Å²) in [5, 5.41) is 12.4. The van der Waals surface area contributed by atoms with E-state index < -0.39 is 5.97 Å². The van der Waals surface area contributed by atoms with E-state index in [9.17, 15) is 14.7 Å². The predicted molar refractivity (Wildman–Crippen MR) is 70.4 cm³/mol. The first-order valence-electron chi connectivity index (χ1n) is 7.35. The standard InChI is InChI=1S/C15H21NO3/c17-14(9-4-2-1-3-5-9)16-13-11-7-6-10(8-11)12(13)15(18)19/h1-2,9-13H,3-8H2,(H,16,17)(H,18,19). The van der Waals surface area contributed by atoms with Crippen LogP contribution in [0.15, 0.2) is 12.2 Å². The fraction of sp³-hybridized carbons (Fsp3) is 0.733. The van der Waals surface area contributed by atoms with Gasteiger partial charge in [0.2, 0.25) is 5.91 Å². The van der Waals surface area contributed by atoms with Crippen molar-refractivity contribution in [2.75, 3.05) is 0 Å². The summed E-state index contributed by atoms with van der Waals surface area (Å²) in [7, 11) is 0. The monoisotopic (exact) mass is 263 g/mol. The molecule has 0 saturated heterocycles. The quantitative estimate of drug-likeness (QED) is 0.765. The van der Waals surface area contributed by atoms with Crippen molar-refractivity contribution in [1.29, 1.82) is 0 Å². The van der Waals surface area contributed by atoms with Crippen LogP contribution in [0.25, 0.3) is 0 Å². The van der Waals surface area contributed by atoms with E-state index >= 15 is 0 Å². The molecule has 0 aliphatic heterocycles. The number of carbonyl (C=O) groups is 2. The van der Waals surface area contributed by atoms with Gasteiger partial charge in [0.15, 0.2) is 0 Å². The van der Waals surface area contributed by atoms with E-state index in [1.54, 1.807) is 0 Å². The van der Waals surface area contributed by atoms with E-state index in [-0.39, 0.29) is 29.7 Å². The minimum atomic E-state index is -0.735. The van der Waals surface area contributed by atoms with Crippen LogP contribution in [-0.4, -0.2) is 23.0 Å². The Kier molecular flexibility index (Phi) is 3.33. The SMILES string of the molecule is O=C(NC1C2CCC(C2)C1C(=O)O)C1CC=CCC1. The third kappa shape index (κ3) is 2.28. The molecule has 5 unspecified atom stereocenters. The van der Waals surface area contributed by atoms with Gasteiger partial charge in [0.05, 0.1) is 5.92 Å². The van der Waals surface area contributed by atoms with Crippen molar-refractivity contribution >= 4 is 11.9 Å². The number of carbonyl (C=O) groups excluding carboxylic acids is 1. The van der Waals surface area contributed by atoms with E-state index in [0.29, 0.717) is 5.92 Å². The minimum absolute atomic E-state index is 0.0403. The molecule has 19 heavy (non-hydrogen) atoms. The summed E-state index contributed by atoms with van der Waals surface area (Å²) in [6.07, 6.45) is 9.88. The molecule has 3 rings (SSSR count). The van der Waals surface area contributed by atoms with Crippen LogP contribution in [-0.2, 0) is 9.59 Å². The highest BCUT2D eigenvalue weighted by atomic mass is 16.4. The molecule has 104 valence electrons. The van der Waals surface area contributed by atoms with Crippen LogP contribution < -0.4 is 5.32 Å². The molecule has 2 bridgehead atoms. The van der Waals surface area contributed by atoms with E-state index in [2.05, 4.69) is 17.5 Å². The maximum absolute atomic E-state index is 12.3. The zero-order chi connectivity index (χ0) is 13.4. The van der Waals surface area contributed by atoms with Crippen molar-refractivity contribution in [3.8, 4) is 0 Å². The van der Waals surface area contributed by atoms with Gasteiger partial charge >= 0.3 is 5.97 Å². The molecule has 0 radical (unpaired) electrons. The first-order chi connectivity index (χ1) is 9.16. The van der Waals surface area contributed by atoms with Crippen molar-refractivity contribution in [3.63, 3.8) is 0 Å². The van der Waals surface area contributed by atoms with Crippen molar-refractivity contribution < 1.29 is 14.7 Å². The van der Waals surface area contributed by atoms with Crippen molar-refractivity contribution in [1.82, 2.24) is 5.32 Å². The number of hydrogen-bond donors (Lipinski definition) is 2. The molecule has 5 atom stereocenters. The number of aliphatic carboxylic acids is 1. The lowest BCUT2D eigenvalue weighted by molar-refractivity contribution is -0.145. The Morgan fingerprint density at radius 1 is 1.11 bits per heavy atom. The Labute approximate surface area is 113 Å². The van der Waals surface area contributed by atoms with Crippen LogP contribution >= 0.6 is 0 Å². The lowest BCUT2D eigenvalue weighted by atomic mass is 9.83. The Morgan fingerprint density at radius 3 is 2.58 bits per heavy atom. The molecule has 0 spiro atoms. The zero-order valence-electron chi connectivity index (χ0n) is 11.0. The molecule has 3 aliphatic carbocycles. The highest BCUT2D eigenvalue weighted by molar-refractivity contribution is 5.81. The predicted octanol–water partition coefficient (Wildman–Crippen LogP) is 1.96. The normalized spacial score (nSPS) is 40.3. The van der Waals surface area contributed by atoms with E-state index in [1.807, 2.05) is 0 Å². The summed E-state index contributed by atoms with van der Waals surface area (Å²) in [4.78, 5) is 23.7. The number of nitrogens with one attached hydrogen (secondary N) is 1. The Hall–Kier alpha value is -1.32. The first kappa shape index (κ1) is 12.7. The molecule has 2 saturated carbocycles. The zero-order valence-corrected chi connectivity index (χ0v) is 11.0. The molecule has 1 amide bonds. The van der Waals surface area contributed by atoms with Gasteiger partial charge in [-0.15, -0.1) is 0 Å².